The fraction of sp³-hybridized carbons (Fsp3) is 0.375. The molecule has 0 aliphatic rings. The van der Waals surface area contributed by atoms with Crippen molar-refractivity contribution in [1.29, 1.82) is 0 Å². The SMILES string of the molecule is CCNC(Cc1ccccc1OC)c1sc(C)cc1Br. The lowest BCUT2D eigenvalue weighted by molar-refractivity contribution is 0.406. The van der Waals surface area contributed by atoms with E-state index < -0.39 is 0 Å². The quantitative estimate of drug-likeness (QED) is 0.810. The van der Waals surface area contributed by atoms with Crippen LogP contribution < -0.4 is 10.1 Å². The summed E-state index contributed by atoms with van der Waals surface area (Å²) in [6.07, 6.45) is 0.927. The van der Waals surface area contributed by atoms with Crippen molar-refractivity contribution in [3.8, 4) is 5.75 Å². The summed E-state index contributed by atoms with van der Waals surface area (Å²) in [5.74, 6) is 0.958. The maximum Gasteiger partial charge on any atom is 0.122 e. The van der Waals surface area contributed by atoms with Crippen LogP contribution in [0.3, 0.4) is 0 Å². The normalized spacial score (nSPS) is 12.4. The van der Waals surface area contributed by atoms with E-state index in [0.29, 0.717) is 6.04 Å². The number of nitrogens with one attached hydrogen (secondary N) is 1. The number of thiophene rings is 1. The van der Waals surface area contributed by atoms with Crippen molar-refractivity contribution < 1.29 is 4.74 Å². The molecule has 1 unspecified atom stereocenters. The Bertz CT molecular complexity index is 567. The van der Waals surface area contributed by atoms with Crippen LogP contribution in [0.25, 0.3) is 0 Å². The van der Waals surface area contributed by atoms with Gasteiger partial charge in [-0.3, -0.25) is 0 Å². The molecule has 0 fully saturated rings. The number of hydrogen-bond acceptors (Lipinski definition) is 3. The lowest BCUT2D eigenvalue weighted by Gasteiger charge is -2.19. The number of hydrogen-bond donors (Lipinski definition) is 1. The molecular formula is C16H20BrNOS. The number of likely N-dealkylation sites (N-methyl/N-ethyl adjacent to an activating group) is 1. The third kappa shape index (κ3) is 3.62. The lowest BCUT2D eigenvalue weighted by Crippen LogP contribution is -2.22. The molecule has 1 aromatic heterocycles. The Hall–Kier alpha value is -0.840. The second kappa shape index (κ2) is 7.25. The van der Waals surface area contributed by atoms with Gasteiger partial charge in [-0.05, 0) is 53.5 Å². The van der Waals surface area contributed by atoms with Crippen LogP contribution in [0.4, 0.5) is 0 Å². The summed E-state index contributed by atoms with van der Waals surface area (Å²) in [5, 5.41) is 3.58. The van der Waals surface area contributed by atoms with Crippen molar-refractivity contribution in [1.82, 2.24) is 5.32 Å². The van der Waals surface area contributed by atoms with Gasteiger partial charge in [-0.1, -0.05) is 25.1 Å². The van der Waals surface area contributed by atoms with Crippen molar-refractivity contribution in [2.24, 2.45) is 0 Å². The van der Waals surface area contributed by atoms with Crippen LogP contribution in [-0.4, -0.2) is 13.7 Å². The van der Waals surface area contributed by atoms with Crippen LogP contribution in [-0.2, 0) is 6.42 Å². The van der Waals surface area contributed by atoms with Gasteiger partial charge < -0.3 is 10.1 Å². The van der Waals surface area contributed by atoms with Gasteiger partial charge in [-0.15, -0.1) is 11.3 Å². The van der Waals surface area contributed by atoms with E-state index in [2.05, 4.69) is 53.3 Å². The average molecular weight is 354 g/mol. The van der Waals surface area contributed by atoms with E-state index in [9.17, 15) is 0 Å². The van der Waals surface area contributed by atoms with Gasteiger partial charge in [0.1, 0.15) is 5.75 Å². The topological polar surface area (TPSA) is 21.3 Å². The monoisotopic (exact) mass is 353 g/mol. The molecule has 0 bridgehead atoms. The third-order valence-corrected chi connectivity index (χ3v) is 5.30. The molecule has 0 aliphatic carbocycles. The van der Waals surface area contributed by atoms with Crippen LogP contribution in [0, 0.1) is 6.92 Å². The molecule has 1 N–H and O–H groups in total. The molecule has 0 saturated carbocycles. The number of ether oxygens (including phenoxy) is 1. The van der Waals surface area contributed by atoms with Crippen molar-refractivity contribution in [2.45, 2.75) is 26.3 Å². The second-order valence-electron chi connectivity index (χ2n) is 4.70. The van der Waals surface area contributed by atoms with E-state index in [0.717, 1.165) is 18.7 Å². The van der Waals surface area contributed by atoms with E-state index in [1.807, 2.05) is 23.5 Å². The lowest BCUT2D eigenvalue weighted by atomic mass is 10.0. The minimum atomic E-state index is 0.310. The largest absolute Gasteiger partial charge is 0.496 e. The number of rotatable bonds is 6. The number of halogens is 1. The molecule has 1 aromatic carbocycles. The molecule has 0 radical (unpaired) electrons. The Kier molecular flexibility index (Phi) is 5.64. The van der Waals surface area contributed by atoms with Gasteiger partial charge in [-0.2, -0.15) is 0 Å². The van der Waals surface area contributed by atoms with Gasteiger partial charge in [0, 0.05) is 20.3 Å². The molecular weight excluding hydrogens is 334 g/mol. The Labute approximate surface area is 133 Å². The van der Waals surface area contributed by atoms with Crippen molar-refractivity contribution >= 4 is 27.3 Å². The molecule has 0 saturated heterocycles. The zero-order valence-corrected chi connectivity index (χ0v) is 14.5. The number of para-hydroxylation sites is 1. The molecule has 0 amide bonds. The molecule has 20 heavy (non-hydrogen) atoms. The van der Waals surface area contributed by atoms with Gasteiger partial charge >= 0.3 is 0 Å². The highest BCUT2D eigenvalue weighted by Gasteiger charge is 2.18. The first kappa shape index (κ1) is 15.5. The Morgan fingerprint density at radius 2 is 2.10 bits per heavy atom. The predicted octanol–water partition coefficient (Wildman–Crippen LogP) is 4.72. The molecule has 0 aliphatic heterocycles. The zero-order valence-electron chi connectivity index (χ0n) is 12.1. The average Bonchev–Trinajstić information content (AvgIpc) is 2.78. The summed E-state index contributed by atoms with van der Waals surface area (Å²) in [6, 6.07) is 10.7. The van der Waals surface area contributed by atoms with Crippen LogP contribution >= 0.6 is 27.3 Å². The van der Waals surface area contributed by atoms with E-state index in [1.54, 1.807) is 7.11 Å². The highest BCUT2D eigenvalue weighted by atomic mass is 79.9. The fourth-order valence-electron chi connectivity index (χ4n) is 2.33. The highest BCUT2D eigenvalue weighted by molar-refractivity contribution is 9.10. The standard InChI is InChI=1S/C16H20BrNOS/c1-4-18-14(16-13(17)9-11(2)20-16)10-12-7-5-6-8-15(12)19-3/h5-9,14,18H,4,10H2,1-3H3. The first-order chi connectivity index (χ1) is 9.65. The molecule has 0 spiro atoms. The van der Waals surface area contributed by atoms with Crippen LogP contribution in [0.1, 0.15) is 28.3 Å². The summed E-state index contributed by atoms with van der Waals surface area (Å²) >= 11 is 5.52. The predicted molar refractivity (Wildman–Crippen MR) is 89.9 cm³/mol. The van der Waals surface area contributed by atoms with Crippen LogP contribution in [0.15, 0.2) is 34.8 Å². The van der Waals surface area contributed by atoms with Crippen molar-refractivity contribution in [3.05, 3.63) is 50.1 Å². The van der Waals surface area contributed by atoms with E-state index in [1.165, 1.54) is 19.8 Å². The summed E-state index contributed by atoms with van der Waals surface area (Å²) < 4.78 is 6.65. The number of aryl methyl sites for hydroxylation is 1. The van der Waals surface area contributed by atoms with Gasteiger partial charge in [-0.25, -0.2) is 0 Å². The summed E-state index contributed by atoms with van der Waals surface area (Å²) in [4.78, 5) is 2.69. The van der Waals surface area contributed by atoms with E-state index in [4.69, 9.17) is 4.74 Å². The maximum atomic E-state index is 5.46. The van der Waals surface area contributed by atoms with Gasteiger partial charge in [0.25, 0.3) is 0 Å². The first-order valence-corrected chi connectivity index (χ1v) is 8.37. The third-order valence-electron chi connectivity index (χ3n) is 3.22. The molecule has 108 valence electrons. The molecule has 4 heteroatoms. The van der Waals surface area contributed by atoms with Crippen LogP contribution in [0.5, 0.6) is 5.75 Å². The molecule has 1 heterocycles. The number of methoxy groups -OCH3 is 1. The Balaban J connectivity index is 2.28. The molecule has 2 rings (SSSR count). The maximum absolute atomic E-state index is 5.46. The molecule has 1 atom stereocenters. The Morgan fingerprint density at radius 1 is 1.35 bits per heavy atom. The first-order valence-electron chi connectivity index (χ1n) is 6.76. The second-order valence-corrected chi connectivity index (χ2v) is 6.84. The smallest absolute Gasteiger partial charge is 0.122 e. The van der Waals surface area contributed by atoms with Gasteiger partial charge in [0.2, 0.25) is 0 Å². The highest BCUT2D eigenvalue weighted by Crippen LogP contribution is 2.35. The van der Waals surface area contributed by atoms with Gasteiger partial charge in [0.15, 0.2) is 0 Å². The van der Waals surface area contributed by atoms with Crippen molar-refractivity contribution in [3.63, 3.8) is 0 Å². The number of benzene rings is 1. The molecule has 2 aromatic rings. The van der Waals surface area contributed by atoms with Crippen LogP contribution in [0.2, 0.25) is 0 Å². The molecule has 2 nitrogen and oxygen atoms in total. The summed E-state index contributed by atoms with van der Waals surface area (Å²) in [5.41, 5.74) is 1.24. The summed E-state index contributed by atoms with van der Waals surface area (Å²) in [7, 11) is 1.73. The summed E-state index contributed by atoms with van der Waals surface area (Å²) in [6.45, 7) is 5.23. The van der Waals surface area contributed by atoms with E-state index >= 15 is 0 Å². The van der Waals surface area contributed by atoms with Crippen molar-refractivity contribution in [2.75, 3.05) is 13.7 Å². The minimum Gasteiger partial charge on any atom is -0.496 e. The fourth-order valence-corrected chi connectivity index (χ4v) is 4.34. The van der Waals surface area contributed by atoms with Gasteiger partial charge in [0.05, 0.1) is 7.11 Å². The minimum absolute atomic E-state index is 0.310. The Morgan fingerprint density at radius 3 is 2.70 bits per heavy atom. The van der Waals surface area contributed by atoms with E-state index in [-0.39, 0.29) is 0 Å². The zero-order chi connectivity index (χ0) is 14.5.